The number of aliphatic hydroxyl groups excluding tert-OH is 1. The molecular formula is C75H146O17P2. The summed E-state index contributed by atoms with van der Waals surface area (Å²) in [5, 5.41) is 10.6. The summed E-state index contributed by atoms with van der Waals surface area (Å²) in [4.78, 5) is 72.7. The Hall–Kier alpha value is -1.94. The first-order chi connectivity index (χ1) is 45.1. The van der Waals surface area contributed by atoms with Crippen LogP contribution in [0.25, 0.3) is 0 Å². The Balaban J connectivity index is 5.22. The quantitative estimate of drug-likeness (QED) is 0.0222. The van der Waals surface area contributed by atoms with Gasteiger partial charge in [0.2, 0.25) is 0 Å². The van der Waals surface area contributed by atoms with Crippen molar-refractivity contribution in [3.05, 3.63) is 0 Å². The molecule has 0 saturated carbocycles. The second kappa shape index (κ2) is 64.4. The molecule has 6 atom stereocenters. The first-order valence-electron chi connectivity index (χ1n) is 38.7. The SMILES string of the molecule is CCC(C)CCCCCCCCCCC(=O)O[C@H](COC(=O)CCCCCCCCCC(C)C)COP(=O)(O)OCC(O)COP(=O)(O)OC[C@@H](COC(=O)CCCCCCCCCCCCCCCCCCC(C)C)OC(=O)CCCCCCCCCCCCC(C)C. The Labute approximate surface area is 575 Å². The van der Waals surface area contributed by atoms with E-state index in [1.165, 1.54) is 173 Å². The number of rotatable bonds is 72. The van der Waals surface area contributed by atoms with Gasteiger partial charge < -0.3 is 33.8 Å². The van der Waals surface area contributed by atoms with Crippen LogP contribution in [0.2, 0.25) is 0 Å². The van der Waals surface area contributed by atoms with Crippen molar-refractivity contribution in [2.75, 3.05) is 39.6 Å². The average Bonchev–Trinajstić information content (AvgIpc) is 1.12. The van der Waals surface area contributed by atoms with Gasteiger partial charge in [0, 0.05) is 25.7 Å². The molecule has 0 aromatic heterocycles. The highest BCUT2D eigenvalue weighted by Gasteiger charge is 2.30. The maximum atomic E-state index is 13.1. The molecule has 17 nitrogen and oxygen atoms in total. The largest absolute Gasteiger partial charge is 0.472 e. The minimum absolute atomic E-state index is 0.104. The number of phosphoric ester groups is 2. The van der Waals surface area contributed by atoms with Crippen LogP contribution in [-0.4, -0.2) is 96.7 Å². The maximum absolute atomic E-state index is 13.1. The molecule has 94 heavy (non-hydrogen) atoms. The van der Waals surface area contributed by atoms with Gasteiger partial charge in [-0.3, -0.25) is 37.3 Å². The normalized spacial score (nSPS) is 14.4. The molecule has 0 aromatic rings. The molecule has 0 radical (unpaired) electrons. The van der Waals surface area contributed by atoms with Crippen LogP contribution < -0.4 is 0 Å². The number of phosphoric acid groups is 2. The molecule has 3 N–H and O–H groups in total. The van der Waals surface area contributed by atoms with Crippen LogP contribution in [-0.2, 0) is 65.4 Å². The third-order valence-electron chi connectivity index (χ3n) is 17.7. The summed E-state index contributed by atoms with van der Waals surface area (Å²) in [5.74, 6) is 0.914. The van der Waals surface area contributed by atoms with E-state index < -0.39 is 97.5 Å². The third kappa shape index (κ3) is 67.3. The number of aliphatic hydroxyl groups is 1. The summed E-state index contributed by atoms with van der Waals surface area (Å²) in [6.07, 6.45) is 48.7. The topological polar surface area (TPSA) is 237 Å². The van der Waals surface area contributed by atoms with E-state index >= 15 is 0 Å². The van der Waals surface area contributed by atoms with Crippen molar-refractivity contribution in [3.8, 4) is 0 Å². The predicted octanol–water partition coefficient (Wildman–Crippen LogP) is 21.7. The smallest absolute Gasteiger partial charge is 0.462 e. The van der Waals surface area contributed by atoms with Crippen molar-refractivity contribution in [1.82, 2.24) is 0 Å². The first-order valence-corrected chi connectivity index (χ1v) is 41.7. The Bertz CT molecular complexity index is 1850. The monoisotopic (exact) mass is 1380 g/mol. The molecule has 0 spiro atoms. The lowest BCUT2D eigenvalue weighted by atomic mass is 9.99. The average molecular weight is 1380 g/mol. The van der Waals surface area contributed by atoms with Gasteiger partial charge in [0.05, 0.1) is 26.4 Å². The van der Waals surface area contributed by atoms with Crippen molar-refractivity contribution in [1.29, 1.82) is 0 Å². The van der Waals surface area contributed by atoms with Crippen molar-refractivity contribution in [2.24, 2.45) is 23.7 Å². The highest BCUT2D eigenvalue weighted by molar-refractivity contribution is 7.47. The van der Waals surface area contributed by atoms with Crippen molar-refractivity contribution >= 4 is 39.5 Å². The van der Waals surface area contributed by atoms with E-state index in [2.05, 4.69) is 55.4 Å². The van der Waals surface area contributed by atoms with E-state index in [-0.39, 0.29) is 25.7 Å². The zero-order valence-corrected chi connectivity index (χ0v) is 63.4. The first kappa shape index (κ1) is 92.1. The predicted molar refractivity (Wildman–Crippen MR) is 381 cm³/mol. The Morgan fingerprint density at radius 1 is 0.298 bits per heavy atom. The molecule has 0 aromatic carbocycles. The fraction of sp³-hybridized carbons (Fsp3) is 0.947. The van der Waals surface area contributed by atoms with Gasteiger partial charge in [0.25, 0.3) is 0 Å². The molecule has 4 unspecified atom stereocenters. The Morgan fingerprint density at radius 3 is 0.755 bits per heavy atom. The van der Waals surface area contributed by atoms with Crippen molar-refractivity contribution < 1.29 is 80.2 Å². The van der Waals surface area contributed by atoms with Crippen molar-refractivity contribution in [2.45, 2.75) is 395 Å². The van der Waals surface area contributed by atoms with Crippen LogP contribution in [0.5, 0.6) is 0 Å². The van der Waals surface area contributed by atoms with Gasteiger partial charge in [-0.25, -0.2) is 9.13 Å². The minimum Gasteiger partial charge on any atom is -0.462 e. The van der Waals surface area contributed by atoms with Crippen LogP contribution in [0.15, 0.2) is 0 Å². The van der Waals surface area contributed by atoms with Crippen molar-refractivity contribution in [3.63, 3.8) is 0 Å². The number of esters is 4. The second-order valence-electron chi connectivity index (χ2n) is 28.7. The number of ether oxygens (including phenoxy) is 4. The molecule has 0 heterocycles. The molecular weight excluding hydrogens is 1230 g/mol. The second-order valence-corrected chi connectivity index (χ2v) is 31.6. The molecule has 0 saturated heterocycles. The minimum atomic E-state index is -4.96. The molecule has 0 aliphatic carbocycles. The number of carbonyl (C=O) groups is 4. The summed E-state index contributed by atoms with van der Waals surface area (Å²) in [6.45, 7) is 14.2. The van der Waals surface area contributed by atoms with E-state index in [1.807, 2.05) is 0 Å². The zero-order valence-electron chi connectivity index (χ0n) is 61.6. The molecule has 0 aliphatic heterocycles. The van der Waals surface area contributed by atoms with Gasteiger partial charge in [0.15, 0.2) is 12.2 Å². The molecule has 0 bridgehead atoms. The lowest BCUT2D eigenvalue weighted by Crippen LogP contribution is -2.30. The van der Waals surface area contributed by atoms with E-state index in [9.17, 15) is 43.2 Å². The van der Waals surface area contributed by atoms with Crippen LogP contribution in [0.3, 0.4) is 0 Å². The highest BCUT2D eigenvalue weighted by Crippen LogP contribution is 2.45. The molecule has 19 heteroatoms. The lowest BCUT2D eigenvalue weighted by Gasteiger charge is -2.21. The van der Waals surface area contributed by atoms with Crippen LogP contribution >= 0.6 is 15.6 Å². The lowest BCUT2D eigenvalue weighted by molar-refractivity contribution is -0.161. The third-order valence-corrected chi connectivity index (χ3v) is 19.6. The number of hydrogen-bond donors (Lipinski definition) is 3. The van der Waals surface area contributed by atoms with Gasteiger partial charge >= 0.3 is 39.5 Å². The fourth-order valence-electron chi connectivity index (χ4n) is 11.3. The summed E-state index contributed by atoms with van der Waals surface area (Å²) in [7, 11) is -9.91. The molecule has 558 valence electrons. The Kier molecular flexibility index (Phi) is 63.1. The van der Waals surface area contributed by atoms with Gasteiger partial charge in [-0.15, -0.1) is 0 Å². The maximum Gasteiger partial charge on any atom is 0.472 e. The van der Waals surface area contributed by atoms with E-state index in [4.69, 9.17) is 37.0 Å². The number of unbranched alkanes of at least 4 members (excludes halogenated alkanes) is 37. The summed E-state index contributed by atoms with van der Waals surface area (Å²) in [5.41, 5.74) is 0. The van der Waals surface area contributed by atoms with Gasteiger partial charge in [-0.1, -0.05) is 325 Å². The highest BCUT2D eigenvalue weighted by atomic mass is 31.2. The number of carbonyl (C=O) groups excluding carboxylic acids is 4. The summed E-state index contributed by atoms with van der Waals surface area (Å²) < 4.78 is 68.5. The van der Waals surface area contributed by atoms with E-state index in [0.29, 0.717) is 31.6 Å². The molecule has 0 fully saturated rings. The number of hydrogen-bond acceptors (Lipinski definition) is 15. The molecule has 0 amide bonds. The van der Waals surface area contributed by atoms with E-state index in [1.54, 1.807) is 0 Å². The van der Waals surface area contributed by atoms with Gasteiger partial charge in [-0.2, -0.15) is 0 Å². The zero-order chi connectivity index (χ0) is 69.6. The van der Waals surface area contributed by atoms with Gasteiger partial charge in [-0.05, 0) is 49.4 Å². The summed E-state index contributed by atoms with van der Waals surface area (Å²) in [6, 6.07) is 0. The van der Waals surface area contributed by atoms with Crippen LogP contribution in [0.1, 0.15) is 376 Å². The standard InChI is InChI=1S/C75H146O17P2/c1-9-68(8)54-46-38-30-24-25-33-42-50-58-75(80)92-71(62-86-73(78)56-48-40-34-26-29-37-45-53-67(6)7)64-90-94(83,84)88-60-69(76)59-87-93(81,82)89-63-70(91-74(79)57-49-41-32-23-19-18-21-28-36-44-52-66(4)5)61-85-72(77)55-47-39-31-22-17-15-13-11-10-12-14-16-20-27-35-43-51-65(2)3/h65-71,76H,9-64H2,1-8H3,(H,81,82)(H,83,84)/t68?,69?,70-,71-/m1/s1. The Morgan fingerprint density at radius 2 is 0.511 bits per heavy atom. The van der Waals surface area contributed by atoms with Gasteiger partial charge in [0.1, 0.15) is 19.3 Å². The van der Waals surface area contributed by atoms with Crippen LogP contribution in [0, 0.1) is 23.7 Å². The fourth-order valence-corrected chi connectivity index (χ4v) is 12.9. The molecule has 0 aliphatic rings. The van der Waals surface area contributed by atoms with E-state index in [0.717, 1.165) is 114 Å². The summed E-state index contributed by atoms with van der Waals surface area (Å²) >= 11 is 0. The molecule has 0 rings (SSSR count). The van der Waals surface area contributed by atoms with Crippen LogP contribution in [0.4, 0.5) is 0 Å².